The first-order valence-electron chi connectivity index (χ1n) is 11.7. The van der Waals surface area contributed by atoms with Crippen LogP contribution >= 0.6 is 23.4 Å². The van der Waals surface area contributed by atoms with E-state index in [0.717, 1.165) is 49.7 Å². The fourth-order valence-electron chi connectivity index (χ4n) is 5.18. The highest BCUT2D eigenvalue weighted by molar-refractivity contribution is 7.99. The minimum atomic E-state index is -0.984. The van der Waals surface area contributed by atoms with E-state index >= 15 is 0 Å². The fourth-order valence-corrected chi connectivity index (χ4v) is 7.09. The molecule has 180 valence electrons. The maximum atomic E-state index is 12.6. The number of carboxylic acids is 1. The van der Waals surface area contributed by atoms with E-state index in [1.807, 2.05) is 11.8 Å². The highest BCUT2D eigenvalue weighted by Gasteiger charge is 2.47. The number of anilines is 1. The van der Waals surface area contributed by atoms with Gasteiger partial charge in [0.25, 0.3) is 0 Å². The monoisotopic (exact) mass is 500 g/mol. The molecule has 1 spiro atoms. The quantitative estimate of drug-likeness (QED) is 0.571. The number of nitrogens with zero attached hydrogens (tertiary/aromatic N) is 2. The first kappa shape index (κ1) is 23.5. The summed E-state index contributed by atoms with van der Waals surface area (Å²) in [4.78, 5) is 29.0. The molecule has 0 saturated carbocycles. The number of carbonyl (C=O) groups excluding carboxylic acids is 1. The molecule has 0 aliphatic carbocycles. The smallest absolute Gasteiger partial charge is 0.415 e. The highest BCUT2D eigenvalue weighted by Crippen LogP contribution is 2.45. The number of hydrogen-bond donors (Lipinski definition) is 1. The predicted molar refractivity (Wildman–Crippen MR) is 134 cm³/mol. The molecule has 2 aromatic rings. The van der Waals surface area contributed by atoms with Crippen molar-refractivity contribution in [2.45, 2.75) is 55.6 Å². The van der Waals surface area contributed by atoms with Crippen molar-refractivity contribution in [1.82, 2.24) is 4.90 Å². The highest BCUT2D eigenvalue weighted by atomic mass is 35.5. The molecule has 34 heavy (non-hydrogen) atoms. The van der Waals surface area contributed by atoms with Gasteiger partial charge < -0.3 is 9.84 Å². The third-order valence-electron chi connectivity index (χ3n) is 7.38. The molecular weight excluding hydrogens is 472 g/mol. The van der Waals surface area contributed by atoms with Gasteiger partial charge in [0, 0.05) is 43.1 Å². The van der Waals surface area contributed by atoms with Crippen LogP contribution in [0.1, 0.15) is 54.6 Å². The van der Waals surface area contributed by atoms with Gasteiger partial charge >= 0.3 is 12.1 Å². The summed E-state index contributed by atoms with van der Waals surface area (Å²) in [6.45, 7) is 7.59. The second-order valence-corrected chi connectivity index (χ2v) is 11.7. The molecule has 5 rings (SSSR count). The minimum absolute atomic E-state index is 0.135. The van der Waals surface area contributed by atoms with Crippen molar-refractivity contribution in [3.63, 3.8) is 0 Å². The zero-order chi connectivity index (χ0) is 24.1. The topological polar surface area (TPSA) is 70.1 Å². The summed E-state index contributed by atoms with van der Waals surface area (Å²) < 4.78 is 5.87. The number of thioether (sulfide) groups is 1. The van der Waals surface area contributed by atoms with E-state index < -0.39 is 11.6 Å². The molecule has 0 aromatic heterocycles. The summed E-state index contributed by atoms with van der Waals surface area (Å²) in [6.07, 6.45) is 2.32. The Balaban J connectivity index is 1.24. The summed E-state index contributed by atoms with van der Waals surface area (Å²) in [6, 6.07) is 10.8. The van der Waals surface area contributed by atoms with Crippen LogP contribution in [0.2, 0.25) is 5.02 Å². The standard InChI is InChI=1S/C26H29ClN2O4S/c1-25(2)9-12-34-22-20(25)13-17(14-21(22)27)15-28-10-7-26(8-11-28)16-29(24(32)33-26)19-5-3-18(4-6-19)23(30)31/h3-6,13-14H,7-12,15-16H2,1-2H3,(H,30,31). The van der Waals surface area contributed by atoms with Crippen LogP contribution in [0.3, 0.4) is 0 Å². The normalized spacial score (nSPS) is 21.4. The number of fused-ring (bicyclic) bond motifs is 1. The van der Waals surface area contributed by atoms with Crippen LogP contribution in [0.5, 0.6) is 0 Å². The zero-order valence-corrected chi connectivity index (χ0v) is 21.0. The predicted octanol–water partition coefficient (Wildman–Crippen LogP) is 5.80. The molecule has 3 aliphatic rings. The Morgan fingerprint density at radius 2 is 1.85 bits per heavy atom. The van der Waals surface area contributed by atoms with Gasteiger partial charge in [-0.15, -0.1) is 11.8 Å². The summed E-state index contributed by atoms with van der Waals surface area (Å²) in [5.41, 5.74) is 3.09. The maximum Gasteiger partial charge on any atom is 0.415 e. The third kappa shape index (κ3) is 4.41. The number of rotatable bonds is 4. The summed E-state index contributed by atoms with van der Waals surface area (Å²) in [5, 5.41) is 9.96. The van der Waals surface area contributed by atoms with Crippen molar-refractivity contribution in [1.29, 1.82) is 0 Å². The molecule has 3 heterocycles. The number of hydrogen-bond acceptors (Lipinski definition) is 5. The zero-order valence-electron chi connectivity index (χ0n) is 19.5. The van der Waals surface area contributed by atoms with E-state index in [1.54, 1.807) is 17.0 Å². The summed E-state index contributed by atoms with van der Waals surface area (Å²) in [5.74, 6) is 0.120. The Bertz CT molecular complexity index is 1130. The lowest BCUT2D eigenvalue weighted by Gasteiger charge is -2.38. The van der Waals surface area contributed by atoms with Gasteiger partial charge in [-0.25, -0.2) is 9.59 Å². The molecule has 2 saturated heterocycles. The average molecular weight is 501 g/mol. The number of amides is 1. The van der Waals surface area contributed by atoms with Gasteiger partial charge in [0.2, 0.25) is 0 Å². The van der Waals surface area contributed by atoms with E-state index in [2.05, 4.69) is 30.9 Å². The molecule has 6 nitrogen and oxygen atoms in total. The van der Waals surface area contributed by atoms with E-state index in [9.17, 15) is 9.59 Å². The van der Waals surface area contributed by atoms with Gasteiger partial charge in [0.05, 0.1) is 17.1 Å². The molecule has 3 aliphatic heterocycles. The van der Waals surface area contributed by atoms with E-state index in [1.165, 1.54) is 28.2 Å². The molecule has 1 amide bonds. The van der Waals surface area contributed by atoms with Crippen LogP contribution < -0.4 is 4.90 Å². The van der Waals surface area contributed by atoms with Crippen LogP contribution in [0.15, 0.2) is 41.3 Å². The van der Waals surface area contributed by atoms with Crippen molar-refractivity contribution in [3.05, 3.63) is 58.1 Å². The first-order chi connectivity index (χ1) is 16.2. The lowest BCUT2D eigenvalue weighted by molar-refractivity contribution is -0.000990. The van der Waals surface area contributed by atoms with Crippen molar-refractivity contribution < 1.29 is 19.4 Å². The van der Waals surface area contributed by atoms with Gasteiger partial charge in [0.1, 0.15) is 5.60 Å². The van der Waals surface area contributed by atoms with E-state index in [0.29, 0.717) is 12.2 Å². The molecule has 2 fully saturated rings. The summed E-state index contributed by atoms with van der Waals surface area (Å²) >= 11 is 8.53. The third-order valence-corrected chi connectivity index (χ3v) is 8.92. The van der Waals surface area contributed by atoms with Crippen LogP contribution in [0.25, 0.3) is 0 Å². The lowest BCUT2D eigenvalue weighted by atomic mass is 9.81. The van der Waals surface area contributed by atoms with Crippen LogP contribution in [-0.2, 0) is 16.7 Å². The second-order valence-electron chi connectivity index (χ2n) is 10.2. The lowest BCUT2D eigenvalue weighted by Crippen LogP contribution is -2.46. The molecule has 0 atom stereocenters. The molecule has 0 unspecified atom stereocenters. The SMILES string of the molecule is CC1(C)CCSc2c(Cl)cc(CN3CCC4(CC3)CN(c3ccc(C(=O)O)cc3)C(=O)O4)cc21. The number of carboxylic acid groups (broad SMARTS) is 1. The molecule has 0 bridgehead atoms. The van der Waals surface area contributed by atoms with Gasteiger partial charge in [-0.05, 0) is 59.0 Å². The minimum Gasteiger partial charge on any atom is -0.478 e. The molecular formula is C26H29ClN2O4S. The number of halogens is 1. The van der Waals surface area contributed by atoms with E-state index in [-0.39, 0.29) is 17.1 Å². The van der Waals surface area contributed by atoms with Gasteiger partial charge in [-0.3, -0.25) is 9.80 Å². The number of carbonyl (C=O) groups is 2. The Hall–Kier alpha value is -2.22. The average Bonchev–Trinajstić information content (AvgIpc) is 3.12. The fraction of sp³-hybridized carbons (Fsp3) is 0.462. The van der Waals surface area contributed by atoms with Crippen LogP contribution in [-0.4, -0.2) is 53.1 Å². The molecule has 1 N–H and O–H groups in total. The first-order valence-corrected chi connectivity index (χ1v) is 13.0. The Morgan fingerprint density at radius 1 is 1.15 bits per heavy atom. The maximum absolute atomic E-state index is 12.6. The number of piperidine rings is 1. The van der Waals surface area contributed by atoms with Gasteiger partial charge in [0.15, 0.2) is 0 Å². The van der Waals surface area contributed by atoms with E-state index in [4.69, 9.17) is 21.4 Å². The number of ether oxygens (including phenoxy) is 1. The largest absolute Gasteiger partial charge is 0.478 e. The second kappa shape index (κ2) is 8.77. The summed E-state index contributed by atoms with van der Waals surface area (Å²) in [7, 11) is 0. The Labute approximate surface area is 209 Å². The number of benzene rings is 2. The molecule has 8 heteroatoms. The van der Waals surface area contributed by atoms with Gasteiger partial charge in [-0.2, -0.15) is 0 Å². The molecule has 0 radical (unpaired) electrons. The van der Waals surface area contributed by atoms with Crippen LogP contribution in [0.4, 0.5) is 10.5 Å². The van der Waals surface area contributed by atoms with Crippen molar-refractivity contribution >= 4 is 41.1 Å². The Kier molecular flexibility index (Phi) is 6.07. The van der Waals surface area contributed by atoms with Crippen molar-refractivity contribution in [3.8, 4) is 0 Å². The van der Waals surface area contributed by atoms with Crippen molar-refractivity contribution in [2.24, 2.45) is 0 Å². The molecule has 2 aromatic carbocycles. The van der Waals surface area contributed by atoms with Crippen molar-refractivity contribution in [2.75, 3.05) is 30.3 Å². The number of likely N-dealkylation sites (tertiary alicyclic amines) is 1. The Morgan fingerprint density at radius 3 is 2.53 bits per heavy atom. The van der Waals surface area contributed by atoms with Crippen LogP contribution in [0, 0.1) is 0 Å². The number of aromatic carboxylic acids is 1. The van der Waals surface area contributed by atoms with Gasteiger partial charge in [-0.1, -0.05) is 31.5 Å².